The summed E-state index contributed by atoms with van der Waals surface area (Å²) in [5.41, 5.74) is 2.69. The zero-order chi connectivity index (χ0) is 13.8. The number of benzene rings is 2. The zero-order valence-corrected chi connectivity index (χ0v) is 11.8. The Bertz CT molecular complexity index is 551. The Labute approximate surface area is 118 Å². The van der Waals surface area contributed by atoms with E-state index in [1.54, 1.807) is 12.1 Å². The molecule has 1 unspecified atom stereocenters. The van der Waals surface area contributed by atoms with Gasteiger partial charge in [0, 0.05) is 16.6 Å². The molecule has 0 spiro atoms. The van der Waals surface area contributed by atoms with E-state index in [9.17, 15) is 4.39 Å². The molecule has 0 aromatic heterocycles. The van der Waals surface area contributed by atoms with Gasteiger partial charge in [-0.2, -0.15) is 0 Å². The summed E-state index contributed by atoms with van der Waals surface area (Å²) in [7, 11) is 1.95. The number of hydrogen-bond donors (Lipinski definition) is 1. The van der Waals surface area contributed by atoms with Crippen molar-refractivity contribution in [1.29, 1.82) is 0 Å². The molecule has 1 N–H and O–H groups in total. The van der Waals surface area contributed by atoms with E-state index in [2.05, 4.69) is 12.2 Å². The van der Waals surface area contributed by atoms with E-state index < -0.39 is 0 Å². The topological polar surface area (TPSA) is 12.0 Å². The first-order valence-electron chi connectivity index (χ1n) is 6.32. The summed E-state index contributed by atoms with van der Waals surface area (Å²) in [4.78, 5) is 0. The van der Waals surface area contributed by atoms with Crippen molar-refractivity contribution in [2.24, 2.45) is 0 Å². The van der Waals surface area contributed by atoms with Crippen LogP contribution in [0, 0.1) is 5.82 Å². The monoisotopic (exact) mass is 277 g/mol. The second kappa shape index (κ2) is 6.18. The van der Waals surface area contributed by atoms with Gasteiger partial charge in [0.2, 0.25) is 0 Å². The minimum atomic E-state index is -0.288. The van der Waals surface area contributed by atoms with Crippen molar-refractivity contribution in [3.8, 4) is 11.1 Å². The maximum atomic E-state index is 13.8. The van der Waals surface area contributed by atoms with E-state index in [4.69, 9.17) is 11.6 Å². The van der Waals surface area contributed by atoms with Crippen LogP contribution in [0.1, 0.15) is 12.5 Å². The molecule has 0 saturated heterocycles. The summed E-state index contributed by atoms with van der Waals surface area (Å²) in [6.45, 7) is 2.13. The molecule has 0 amide bonds. The summed E-state index contributed by atoms with van der Waals surface area (Å²) < 4.78 is 13.8. The van der Waals surface area contributed by atoms with E-state index in [1.807, 2.05) is 31.3 Å². The van der Waals surface area contributed by atoms with Crippen LogP contribution in [-0.4, -0.2) is 13.1 Å². The lowest BCUT2D eigenvalue weighted by Crippen LogP contribution is -2.23. The molecule has 0 fully saturated rings. The molecule has 3 heteroatoms. The predicted octanol–water partition coefficient (Wildman–Crippen LogP) is 4.30. The Balaban J connectivity index is 2.22. The van der Waals surface area contributed by atoms with Gasteiger partial charge in [-0.1, -0.05) is 35.9 Å². The van der Waals surface area contributed by atoms with Gasteiger partial charge in [0.1, 0.15) is 5.82 Å². The van der Waals surface area contributed by atoms with Gasteiger partial charge in [-0.15, -0.1) is 0 Å². The maximum absolute atomic E-state index is 13.8. The summed E-state index contributed by atoms with van der Waals surface area (Å²) in [5.74, 6) is -0.288. The first kappa shape index (κ1) is 14.0. The van der Waals surface area contributed by atoms with Gasteiger partial charge >= 0.3 is 0 Å². The highest BCUT2D eigenvalue weighted by Crippen LogP contribution is 2.25. The van der Waals surface area contributed by atoms with E-state index in [1.165, 1.54) is 11.6 Å². The normalized spacial score (nSPS) is 12.4. The molecule has 100 valence electrons. The molecule has 2 rings (SSSR count). The average molecular weight is 278 g/mol. The highest BCUT2D eigenvalue weighted by molar-refractivity contribution is 6.30. The Morgan fingerprint density at radius 2 is 1.84 bits per heavy atom. The molecule has 1 atom stereocenters. The SMILES string of the molecule is CNC(C)Cc1ccc(-c2ccc(Cl)cc2F)cc1. The molecule has 0 aliphatic heterocycles. The van der Waals surface area contributed by atoms with Crippen molar-refractivity contribution in [3.05, 3.63) is 58.9 Å². The van der Waals surface area contributed by atoms with E-state index in [-0.39, 0.29) is 5.82 Å². The van der Waals surface area contributed by atoms with Crippen molar-refractivity contribution in [2.75, 3.05) is 7.05 Å². The van der Waals surface area contributed by atoms with E-state index in [0.717, 1.165) is 12.0 Å². The van der Waals surface area contributed by atoms with Gasteiger partial charge in [-0.05, 0) is 49.7 Å². The van der Waals surface area contributed by atoms with Gasteiger partial charge in [0.15, 0.2) is 0 Å². The third-order valence-electron chi connectivity index (χ3n) is 3.23. The van der Waals surface area contributed by atoms with Crippen molar-refractivity contribution in [2.45, 2.75) is 19.4 Å². The lowest BCUT2D eigenvalue weighted by molar-refractivity contribution is 0.608. The third-order valence-corrected chi connectivity index (χ3v) is 3.47. The van der Waals surface area contributed by atoms with Gasteiger partial charge in [0.25, 0.3) is 0 Å². The lowest BCUT2D eigenvalue weighted by Gasteiger charge is -2.10. The minimum Gasteiger partial charge on any atom is -0.317 e. The fourth-order valence-corrected chi connectivity index (χ4v) is 2.16. The van der Waals surface area contributed by atoms with Crippen LogP contribution < -0.4 is 5.32 Å². The first-order valence-corrected chi connectivity index (χ1v) is 6.69. The highest BCUT2D eigenvalue weighted by Gasteiger charge is 2.06. The van der Waals surface area contributed by atoms with Crippen LogP contribution in [0.5, 0.6) is 0 Å². The fraction of sp³-hybridized carbons (Fsp3) is 0.250. The van der Waals surface area contributed by atoms with Crippen LogP contribution in [0.25, 0.3) is 11.1 Å². The fourth-order valence-electron chi connectivity index (χ4n) is 2.00. The molecule has 0 saturated carbocycles. The van der Waals surface area contributed by atoms with Crippen molar-refractivity contribution in [1.82, 2.24) is 5.32 Å². The van der Waals surface area contributed by atoms with Gasteiger partial charge in [0.05, 0.1) is 0 Å². The molecule has 0 bridgehead atoms. The smallest absolute Gasteiger partial charge is 0.132 e. The van der Waals surface area contributed by atoms with Gasteiger partial charge in [-0.25, -0.2) is 4.39 Å². The Morgan fingerprint density at radius 3 is 2.42 bits per heavy atom. The summed E-state index contributed by atoms with van der Waals surface area (Å²) >= 11 is 5.76. The lowest BCUT2D eigenvalue weighted by atomic mass is 10.0. The Hall–Kier alpha value is -1.38. The predicted molar refractivity (Wildman–Crippen MR) is 79.1 cm³/mol. The van der Waals surface area contributed by atoms with Crippen LogP contribution >= 0.6 is 11.6 Å². The minimum absolute atomic E-state index is 0.288. The molecular formula is C16H17ClFN. The average Bonchev–Trinajstić information content (AvgIpc) is 2.40. The Morgan fingerprint density at radius 1 is 1.16 bits per heavy atom. The molecule has 0 radical (unpaired) electrons. The Kier molecular flexibility index (Phi) is 4.56. The second-order valence-corrected chi connectivity index (χ2v) is 5.15. The van der Waals surface area contributed by atoms with Crippen LogP contribution in [0.15, 0.2) is 42.5 Å². The van der Waals surface area contributed by atoms with Crippen LogP contribution in [0.3, 0.4) is 0 Å². The molecule has 0 aliphatic carbocycles. The molecule has 19 heavy (non-hydrogen) atoms. The molecule has 0 heterocycles. The molecule has 1 nitrogen and oxygen atoms in total. The number of hydrogen-bond acceptors (Lipinski definition) is 1. The zero-order valence-electron chi connectivity index (χ0n) is 11.1. The summed E-state index contributed by atoms with van der Waals surface area (Å²) in [5, 5.41) is 3.62. The molecule has 2 aromatic carbocycles. The largest absolute Gasteiger partial charge is 0.317 e. The number of halogens is 2. The van der Waals surface area contributed by atoms with Crippen LogP contribution in [-0.2, 0) is 6.42 Å². The van der Waals surface area contributed by atoms with Crippen molar-refractivity contribution < 1.29 is 4.39 Å². The number of rotatable bonds is 4. The highest BCUT2D eigenvalue weighted by atomic mass is 35.5. The van der Waals surface area contributed by atoms with Crippen molar-refractivity contribution >= 4 is 11.6 Å². The second-order valence-electron chi connectivity index (χ2n) is 4.71. The first-order chi connectivity index (χ1) is 9.10. The van der Waals surface area contributed by atoms with Gasteiger partial charge in [-0.3, -0.25) is 0 Å². The molecule has 2 aromatic rings. The number of nitrogens with one attached hydrogen (secondary N) is 1. The standard InChI is InChI=1S/C16H17ClFN/c1-11(19-2)9-12-3-5-13(6-4-12)15-8-7-14(17)10-16(15)18/h3-8,10-11,19H,9H2,1-2H3. The molecular weight excluding hydrogens is 261 g/mol. The summed E-state index contributed by atoms with van der Waals surface area (Å²) in [6, 6.07) is 13.2. The van der Waals surface area contributed by atoms with E-state index >= 15 is 0 Å². The maximum Gasteiger partial charge on any atom is 0.132 e. The number of likely N-dealkylation sites (N-methyl/N-ethyl adjacent to an activating group) is 1. The van der Waals surface area contributed by atoms with Crippen LogP contribution in [0.4, 0.5) is 4.39 Å². The quantitative estimate of drug-likeness (QED) is 0.879. The summed E-state index contributed by atoms with van der Waals surface area (Å²) in [6.07, 6.45) is 0.958. The van der Waals surface area contributed by atoms with Crippen LogP contribution in [0.2, 0.25) is 5.02 Å². The van der Waals surface area contributed by atoms with E-state index in [0.29, 0.717) is 16.6 Å². The van der Waals surface area contributed by atoms with Gasteiger partial charge < -0.3 is 5.32 Å². The third kappa shape index (κ3) is 3.55. The van der Waals surface area contributed by atoms with Crippen molar-refractivity contribution in [3.63, 3.8) is 0 Å². The molecule has 0 aliphatic rings.